The van der Waals surface area contributed by atoms with Crippen LogP contribution < -0.4 is 0 Å². The molecule has 2 fully saturated rings. The van der Waals surface area contributed by atoms with E-state index in [1.54, 1.807) is 0 Å². The van der Waals surface area contributed by atoms with Crippen LogP contribution in [-0.4, -0.2) is 43.3 Å². The second-order valence-electron chi connectivity index (χ2n) is 8.01. The lowest BCUT2D eigenvalue weighted by molar-refractivity contribution is -0.131. The summed E-state index contributed by atoms with van der Waals surface area (Å²) in [6, 6.07) is 0. The molecule has 1 heterocycles. The molecule has 0 unspecified atom stereocenters. The van der Waals surface area contributed by atoms with Crippen molar-refractivity contribution in [1.82, 2.24) is 0 Å². The Morgan fingerprint density at radius 2 is 2.09 bits per heavy atom. The number of ether oxygens (including phenoxy) is 1. The highest BCUT2D eigenvalue weighted by molar-refractivity contribution is 6.74. The van der Waals surface area contributed by atoms with Gasteiger partial charge in [-0.25, -0.2) is 4.79 Å². The molecule has 0 aromatic carbocycles. The summed E-state index contributed by atoms with van der Waals surface area (Å²) in [4.78, 5) is 10.8. The van der Waals surface area contributed by atoms with Crippen molar-refractivity contribution < 1.29 is 24.2 Å². The number of carboxylic acid groups (broad SMARTS) is 1. The highest BCUT2D eigenvalue weighted by Crippen LogP contribution is 2.46. The molecule has 0 amide bonds. The third-order valence-electron chi connectivity index (χ3n) is 5.46. The fourth-order valence-electron chi connectivity index (χ4n) is 3.03. The molecule has 4 atom stereocenters. The molecule has 6 heteroatoms. The highest BCUT2D eigenvalue weighted by Gasteiger charge is 2.49. The number of hydrogen-bond donors (Lipinski definition) is 2. The Bertz CT molecular complexity index is 466. The van der Waals surface area contributed by atoms with Crippen LogP contribution in [-0.2, 0) is 14.0 Å². The number of allylic oxidation sites excluding steroid dienone is 1. The molecule has 2 aliphatic rings. The average Bonchev–Trinajstić information content (AvgIpc) is 2.80. The van der Waals surface area contributed by atoms with Gasteiger partial charge >= 0.3 is 5.97 Å². The van der Waals surface area contributed by atoms with Gasteiger partial charge in [0.05, 0.1) is 12.2 Å². The van der Waals surface area contributed by atoms with E-state index in [-0.39, 0.29) is 23.0 Å². The molecule has 2 N–H and O–H groups in total. The lowest BCUT2D eigenvalue weighted by Gasteiger charge is -2.37. The van der Waals surface area contributed by atoms with Crippen molar-refractivity contribution in [2.24, 2.45) is 11.8 Å². The van der Waals surface area contributed by atoms with E-state index >= 15 is 0 Å². The Balaban J connectivity index is 2.01. The summed E-state index contributed by atoms with van der Waals surface area (Å²) in [6.07, 6.45) is 1.78. The van der Waals surface area contributed by atoms with Gasteiger partial charge in [0.15, 0.2) is 8.32 Å². The summed E-state index contributed by atoms with van der Waals surface area (Å²) in [5.41, 5.74) is 0. The van der Waals surface area contributed by atoms with Crippen molar-refractivity contribution in [1.29, 1.82) is 0 Å². The van der Waals surface area contributed by atoms with Crippen LogP contribution in [0.1, 0.15) is 33.6 Å². The number of carboxylic acids is 1. The molecule has 1 saturated carbocycles. The molecular weight excluding hydrogens is 300 g/mol. The van der Waals surface area contributed by atoms with Crippen LogP contribution in [0.4, 0.5) is 0 Å². The molecule has 5 nitrogen and oxygen atoms in total. The number of fused-ring (bicyclic) bond motifs is 1. The summed E-state index contributed by atoms with van der Waals surface area (Å²) >= 11 is 0. The van der Waals surface area contributed by atoms with Crippen LogP contribution in [0.2, 0.25) is 18.1 Å². The first-order valence-corrected chi connectivity index (χ1v) is 10.8. The maximum Gasteiger partial charge on any atom is 0.331 e. The minimum absolute atomic E-state index is 0.0267. The summed E-state index contributed by atoms with van der Waals surface area (Å²) in [6.45, 7) is 11.5. The Kier molecular flexibility index (Phi) is 4.76. The van der Waals surface area contributed by atoms with E-state index in [4.69, 9.17) is 14.3 Å². The van der Waals surface area contributed by atoms with Crippen LogP contribution in [0.3, 0.4) is 0 Å². The van der Waals surface area contributed by atoms with Crippen LogP contribution in [0.15, 0.2) is 11.8 Å². The van der Waals surface area contributed by atoms with Gasteiger partial charge in [0.2, 0.25) is 0 Å². The Morgan fingerprint density at radius 3 is 2.64 bits per heavy atom. The summed E-state index contributed by atoms with van der Waals surface area (Å²) in [5.74, 6) is -0.277. The number of hydrogen-bond acceptors (Lipinski definition) is 4. The molecule has 0 bridgehead atoms. The molecule has 1 aliphatic heterocycles. The zero-order chi connectivity index (χ0) is 16.7. The van der Waals surface area contributed by atoms with Crippen molar-refractivity contribution in [3.05, 3.63) is 11.8 Å². The average molecular weight is 328 g/mol. The van der Waals surface area contributed by atoms with Crippen LogP contribution in [0, 0.1) is 11.8 Å². The fraction of sp³-hybridized carbons (Fsp3) is 0.812. The zero-order valence-electron chi connectivity index (χ0n) is 14.1. The number of aliphatic carboxylic acids is 1. The highest BCUT2D eigenvalue weighted by atomic mass is 28.4. The molecule has 2 rings (SSSR count). The largest absolute Gasteiger partial charge is 0.494 e. The molecule has 0 aromatic heterocycles. The quantitative estimate of drug-likeness (QED) is 0.613. The van der Waals surface area contributed by atoms with Gasteiger partial charge < -0.3 is 19.4 Å². The molecule has 0 radical (unpaired) electrons. The molecule has 22 heavy (non-hydrogen) atoms. The minimum Gasteiger partial charge on any atom is -0.494 e. The third kappa shape index (κ3) is 3.55. The first-order chi connectivity index (χ1) is 10.0. The molecule has 0 spiro atoms. The summed E-state index contributed by atoms with van der Waals surface area (Å²) in [5, 5.41) is 19.2. The van der Waals surface area contributed by atoms with E-state index < -0.39 is 20.4 Å². The SMILES string of the molecule is CC(C)(C)[Si](C)(C)OC[C@@H]1[C@H]2CC(=CC(=O)O)O[C@H]2C[C@H]1O. The van der Waals surface area contributed by atoms with E-state index in [1.165, 1.54) is 0 Å². The van der Waals surface area contributed by atoms with Crippen LogP contribution in [0.5, 0.6) is 0 Å². The van der Waals surface area contributed by atoms with Gasteiger partial charge in [-0.2, -0.15) is 0 Å². The van der Waals surface area contributed by atoms with Crippen molar-refractivity contribution in [2.45, 2.75) is 64.0 Å². The Hall–Kier alpha value is -0.853. The number of aliphatic hydroxyl groups is 1. The third-order valence-corrected chi connectivity index (χ3v) is 9.96. The maximum absolute atomic E-state index is 10.8. The standard InChI is InChI=1S/C16H28O5Si/c1-16(2,3)22(4,5)20-9-12-11-6-10(7-15(18)19)21-14(11)8-13(12)17/h7,11-14,17H,6,8-9H2,1-5H3,(H,18,19)/t11-,12-,13-,14+/m1/s1. The second-order valence-corrected chi connectivity index (χ2v) is 12.8. The predicted molar refractivity (Wildman–Crippen MR) is 86.0 cm³/mol. The Labute approximate surface area is 133 Å². The van der Waals surface area contributed by atoms with Crippen molar-refractivity contribution >= 4 is 14.3 Å². The van der Waals surface area contributed by atoms with Gasteiger partial charge in [0.25, 0.3) is 0 Å². The minimum atomic E-state index is -1.85. The van der Waals surface area contributed by atoms with Gasteiger partial charge in [0, 0.05) is 31.3 Å². The monoisotopic (exact) mass is 328 g/mol. The zero-order valence-corrected chi connectivity index (χ0v) is 15.1. The van der Waals surface area contributed by atoms with Crippen molar-refractivity contribution in [3.63, 3.8) is 0 Å². The maximum atomic E-state index is 10.8. The lowest BCUT2D eigenvalue weighted by Crippen LogP contribution is -2.43. The molecule has 1 aliphatic carbocycles. The van der Waals surface area contributed by atoms with Crippen LogP contribution >= 0.6 is 0 Å². The molecular formula is C16H28O5Si. The van der Waals surface area contributed by atoms with E-state index in [0.29, 0.717) is 25.2 Å². The lowest BCUT2D eigenvalue weighted by atomic mass is 9.92. The van der Waals surface area contributed by atoms with E-state index in [2.05, 4.69) is 33.9 Å². The molecule has 0 aromatic rings. The van der Waals surface area contributed by atoms with E-state index in [9.17, 15) is 9.90 Å². The fourth-order valence-corrected chi connectivity index (χ4v) is 4.07. The normalized spacial score (nSPS) is 33.8. The molecule has 126 valence electrons. The van der Waals surface area contributed by atoms with E-state index in [0.717, 1.165) is 6.08 Å². The van der Waals surface area contributed by atoms with E-state index in [1.807, 2.05) is 0 Å². The smallest absolute Gasteiger partial charge is 0.331 e. The first-order valence-electron chi connectivity index (χ1n) is 7.93. The van der Waals surface area contributed by atoms with Gasteiger partial charge in [-0.1, -0.05) is 20.8 Å². The summed E-state index contributed by atoms with van der Waals surface area (Å²) < 4.78 is 11.9. The summed E-state index contributed by atoms with van der Waals surface area (Å²) in [7, 11) is -1.85. The van der Waals surface area contributed by atoms with Gasteiger partial charge in [-0.3, -0.25) is 0 Å². The van der Waals surface area contributed by atoms with Crippen molar-refractivity contribution in [2.75, 3.05) is 6.61 Å². The van der Waals surface area contributed by atoms with Crippen LogP contribution in [0.25, 0.3) is 0 Å². The van der Waals surface area contributed by atoms with Gasteiger partial charge in [-0.15, -0.1) is 0 Å². The topological polar surface area (TPSA) is 76.0 Å². The first kappa shape index (κ1) is 17.5. The number of rotatable bonds is 4. The van der Waals surface area contributed by atoms with Crippen molar-refractivity contribution in [3.8, 4) is 0 Å². The van der Waals surface area contributed by atoms with Gasteiger partial charge in [-0.05, 0) is 18.1 Å². The second kappa shape index (κ2) is 5.98. The predicted octanol–water partition coefficient (Wildman–Crippen LogP) is 2.76. The Morgan fingerprint density at radius 1 is 1.45 bits per heavy atom. The van der Waals surface area contributed by atoms with Gasteiger partial charge in [0.1, 0.15) is 11.9 Å². The number of aliphatic hydroxyl groups excluding tert-OH is 1. The molecule has 1 saturated heterocycles. The number of carbonyl (C=O) groups is 1.